The quantitative estimate of drug-likeness (QED) is 0.656. The predicted molar refractivity (Wildman–Crippen MR) is 117 cm³/mol. The number of halogens is 3. The Morgan fingerprint density at radius 2 is 1.93 bits per heavy atom. The van der Waals surface area contributed by atoms with Crippen LogP contribution in [0.1, 0.15) is 32.4 Å². The first-order chi connectivity index (χ1) is 13.7. The summed E-state index contributed by atoms with van der Waals surface area (Å²) in [6.45, 7) is 6.63. The van der Waals surface area contributed by atoms with Gasteiger partial charge in [-0.05, 0) is 38.5 Å². The smallest absolute Gasteiger partial charge is 0.407 e. The Bertz CT molecular complexity index is 913. The van der Waals surface area contributed by atoms with E-state index in [0.717, 1.165) is 5.56 Å². The fourth-order valence-electron chi connectivity index (χ4n) is 3.40. The van der Waals surface area contributed by atoms with Crippen LogP contribution in [0.15, 0.2) is 24.4 Å². The lowest BCUT2D eigenvalue weighted by molar-refractivity contribution is 0.114. The molecule has 1 aromatic heterocycles. The van der Waals surface area contributed by atoms with Gasteiger partial charge in [-0.2, -0.15) is 4.98 Å². The summed E-state index contributed by atoms with van der Waals surface area (Å²) >= 11 is 18.6. The van der Waals surface area contributed by atoms with Crippen LogP contribution in [-0.2, 0) is 0 Å². The Labute approximate surface area is 184 Å². The van der Waals surface area contributed by atoms with Crippen molar-refractivity contribution in [3.63, 3.8) is 0 Å². The third-order valence-corrected chi connectivity index (χ3v) is 5.84. The number of anilines is 2. The molecule has 3 atom stereocenters. The van der Waals surface area contributed by atoms with Crippen molar-refractivity contribution in [1.82, 2.24) is 14.9 Å². The number of carboxylic acid groups (broad SMARTS) is 1. The van der Waals surface area contributed by atoms with Crippen molar-refractivity contribution in [2.45, 2.75) is 38.9 Å². The molecule has 1 fully saturated rings. The molecule has 2 N–H and O–H groups in total. The van der Waals surface area contributed by atoms with Gasteiger partial charge in [0.2, 0.25) is 5.95 Å². The molecule has 29 heavy (non-hydrogen) atoms. The summed E-state index contributed by atoms with van der Waals surface area (Å²) in [5, 5.41) is 14.1. The first kappa shape index (κ1) is 21.7. The first-order valence-electron chi connectivity index (χ1n) is 9.17. The van der Waals surface area contributed by atoms with Crippen molar-refractivity contribution in [1.29, 1.82) is 0 Å². The van der Waals surface area contributed by atoms with E-state index in [4.69, 9.17) is 34.8 Å². The number of nitrogens with one attached hydrogen (secondary N) is 1. The van der Waals surface area contributed by atoms with Gasteiger partial charge in [-0.15, -0.1) is 0 Å². The van der Waals surface area contributed by atoms with Crippen LogP contribution in [0.4, 0.5) is 16.6 Å². The number of hydrogen-bond donors (Lipinski definition) is 2. The molecule has 1 amide bonds. The normalized spacial score (nSPS) is 20.5. The van der Waals surface area contributed by atoms with Gasteiger partial charge >= 0.3 is 6.09 Å². The Hall–Kier alpha value is -1.96. The topological polar surface area (TPSA) is 81.6 Å². The van der Waals surface area contributed by atoms with Crippen LogP contribution in [0.5, 0.6) is 0 Å². The minimum atomic E-state index is -0.919. The molecule has 0 spiro atoms. The number of amides is 1. The SMILES string of the molecule is C[C@@H]1CN(c2ncc(Cl)c(N[C@H](C)c3ccc(Cl)cc3Cl)n2)[C@@H](C)CN1C(=O)O. The molecular weight excluding hydrogens is 437 g/mol. The van der Waals surface area contributed by atoms with Gasteiger partial charge in [-0.3, -0.25) is 0 Å². The molecule has 1 saturated heterocycles. The second-order valence-corrected chi connectivity index (χ2v) is 8.43. The average molecular weight is 459 g/mol. The zero-order chi connectivity index (χ0) is 21.3. The van der Waals surface area contributed by atoms with Crippen molar-refractivity contribution in [2.24, 2.45) is 0 Å². The third-order valence-electron chi connectivity index (χ3n) is 5.00. The second kappa shape index (κ2) is 8.81. The van der Waals surface area contributed by atoms with E-state index in [-0.39, 0.29) is 18.1 Å². The molecule has 3 rings (SSSR count). The monoisotopic (exact) mass is 457 g/mol. The molecule has 1 aromatic carbocycles. The largest absolute Gasteiger partial charge is 0.465 e. The molecule has 0 saturated carbocycles. The van der Waals surface area contributed by atoms with Gasteiger partial charge in [0.15, 0.2) is 5.82 Å². The van der Waals surface area contributed by atoms with E-state index in [2.05, 4.69) is 15.3 Å². The standard InChI is InChI=1S/C19H22Cl3N5O2/c1-10-9-27(19(28)29)11(2)8-26(10)18-23-7-16(22)17(25-18)24-12(3)14-5-4-13(20)6-15(14)21/h4-7,10-12H,8-9H2,1-3H3,(H,28,29)(H,23,24,25)/t10-,11+,12+/m0/s1. The molecule has 2 heterocycles. The summed E-state index contributed by atoms with van der Waals surface area (Å²) in [6.07, 6.45) is 0.626. The van der Waals surface area contributed by atoms with Gasteiger partial charge in [0.1, 0.15) is 5.02 Å². The highest BCUT2D eigenvalue weighted by atomic mass is 35.5. The van der Waals surface area contributed by atoms with E-state index in [1.54, 1.807) is 18.3 Å². The average Bonchev–Trinajstić information content (AvgIpc) is 2.64. The fraction of sp³-hybridized carbons (Fsp3) is 0.421. The van der Waals surface area contributed by atoms with Crippen LogP contribution in [0.25, 0.3) is 0 Å². The van der Waals surface area contributed by atoms with Crippen LogP contribution < -0.4 is 10.2 Å². The molecule has 0 unspecified atom stereocenters. The van der Waals surface area contributed by atoms with Gasteiger partial charge in [0.25, 0.3) is 0 Å². The number of piperazine rings is 1. The van der Waals surface area contributed by atoms with Crippen molar-refractivity contribution in [3.8, 4) is 0 Å². The maximum Gasteiger partial charge on any atom is 0.407 e. The van der Waals surface area contributed by atoms with Gasteiger partial charge in [0, 0.05) is 35.2 Å². The minimum absolute atomic E-state index is 0.0699. The van der Waals surface area contributed by atoms with Gasteiger partial charge in [-0.25, -0.2) is 9.78 Å². The number of carbonyl (C=O) groups is 1. The fourth-order valence-corrected chi connectivity index (χ4v) is 4.12. The lowest BCUT2D eigenvalue weighted by atomic mass is 10.1. The predicted octanol–water partition coefficient (Wildman–Crippen LogP) is 5.19. The molecule has 1 aliphatic rings. The van der Waals surface area contributed by atoms with E-state index in [0.29, 0.717) is 39.9 Å². The van der Waals surface area contributed by atoms with E-state index in [1.165, 1.54) is 4.90 Å². The number of hydrogen-bond acceptors (Lipinski definition) is 5. The number of aromatic nitrogens is 2. The van der Waals surface area contributed by atoms with Crippen molar-refractivity contribution >= 4 is 52.7 Å². The van der Waals surface area contributed by atoms with Crippen LogP contribution >= 0.6 is 34.8 Å². The van der Waals surface area contributed by atoms with Crippen molar-refractivity contribution in [2.75, 3.05) is 23.3 Å². The van der Waals surface area contributed by atoms with E-state index in [9.17, 15) is 9.90 Å². The van der Waals surface area contributed by atoms with E-state index >= 15 is 0 Å². The van der Waals surface area contributed by atoms with E-state index < -0.39 is 6.09 Å². The summed E-state index contributed by atoms with van der Waals surface area (Å²) in [7, 11) is 0. The zero-order valence-corrected chi connectivity index (χ0v) is 18.5. The number of rotatable bonds is 4. The summed E-state index contributed by atoms with van der Waals surface area (Å²) in [4.78, 5) is 23.8. The lowest BCUT2D eigenvalue weighted by Gasteiger charge is -2.42. The molecular formula is C19H22Cl3N5O2. The summed E-state index contributed by atoms with van der Waals surface area (Å²) in [5.74, 6) is 0.978. The molecule has 0 radical (unpaired) electrons. The minimum Gasteiger partial charge on any atom is -0.465 e. The molecule has 7 nitrogen and oxygen atoms in total. The van der Waals surface area contributed by atoms with E-state index in [1.807, 2.05) is 31.7 Å². The first-order valence-corrected chi connectivity index (χ1v) is 10.3. The summed E-state index contributed by atoms with van der Waals surface area (Å²) < 4.78 is 0. The van der Waals surface area contributed by atoms with Crippen LogP contribution in [0.2, 0.25) is 15.1 Å². The molecule has 156 valence electrons. The third kappa shape index (κ3) is 4.79. The van der Waals surface area contributed by atoms with Gasteiger partial charge in [-0.1, -0.05) is 40.9 Å². The summed E-state index contributed by atoms with van der Waals surface area (Å²) in [6, 6.07) is 4.91. The second-order valence-electron chi connectivity index (χ2n) is 7.18. The maximum atomic E-state index is 11.4. The van der Waals surface area contributed by atoms with Crippen LogP contribution in [-0.4, -0.2) is 51.2 Å². The number of nitrogens with zero attached hydrogens (tertiary/aromatic N) is 4. The van der Waals surface area contributed by atoms with Crippen molar-refractivity contribution < 1.29 is 9.90 Å². The highest BCUT2D eigenvalue weighted by Gasteiger charge is 2.33. The highest BCUT2D eigenvalue weighted by molar-refractivity contribution is 6.35. The molecule has 0 aliphatic carbocycles. The molecule has 10 heteroatoms. The van der Waals surface area contributed by atoms with Gasteiger partial charge < -0.3 is 20.2 Å². The molecule has 2 aromatic rings. The Morgan fingerprint density at radius 1 is 1.21 bits per heavy atom. The van der Waals surface area contributed by atoms with Crippen LogP contribution in [0, 0.1) is 0 Å². The van der Waals surface area contributed by atoms with Crippen LogP contribution in [0.3, 0.4) is 0 Å². The highest BCUT2D eigenvalue weighted by Crippen LogP contribution is 2.31. The Morgan fingerprint density at radius 3 is 2.59 bits per heavy atom. The van der Waals surface area contributed by atoms with Crippen molar-refractivity contribution in [3.05, 3.63) is 45.0 Å². The maximum absolute atomic E-state index is 11.4. The zero-order valence-electron chi connectivity index (χ0n) is 16.2. The molecule has 1 aliphatic heterocycles. The Balaban J connectivity index is 1.82. The summed E-state index contributed by atoms with van der Waals surface area (Å²) in [5.41, 5.74) is 0.865. The number of benzene rings is 1. The Kier molecular flexibility index (Phi) is 6.61. The molecule has 0 bridgehead atoms. The lowest BCUT2D eigenvalue weighted by Crippen LogP contribution is -2.58. The van der Waals surface area contributed by atoms with Gasteiger partial charge in [0.05, 0.1) is 12.2 Å².